The molecule has 0 unspecified atom stereocenters. The molecular formula is C16H14BrN3O3. The number of nitriles is 1. The quantitative estimate of drug-likeness (QED) is 0.887. The highest BCUT2D eigenvalue weighted by atomic mass is 79.9. The van der Waals surface area contributed by atoms with Crippen LogP contribution in [0.1, 0.15) is 18.4 Å². The van der Waals surface area contributed by atoms with Crippen LogP contribution in [0.25, 0.3) is 10.8 Å². The van der Waals surface area contributed by atoms with Crippen molar-refractivity contribution in [2.45, 2.75) is 18.9 Å². The number of fused-ring (bicyclic) bond motifs is 1. The van der Waals surface area contributed by atoms with Crippen molar-refractivity contribution in [3.63, 3.8) is 0 Å². The summed E-state index contributed by atoms with van der Waals surface area (Å²) in [6, 6.07) is 5.60. The van der Waals surface area contributed by atoms with Crippen molar-refractivity contribution in [3.8, 4) is 17.7 Å². The molecule has 1 fully saturated rings. The molecule has 1 N–H and O–H groups in total. The Hall–Kier alpha value is -2.33. The summed E-state index contributed by atoms with van der Waals surface area (Å²) in [7, 11) is 1.52. The molecule has 0 aliphatic carbocycles. The SMILES string of the molecule is COc1cc2c(OC[C@@H]3CCC(=O)N3)ncc(Br)c2cc1C#N. The van der Waals surface area contributed by atoms with Crippen LogP contribution in [0.4, 0.5) is 0 Å². The van der Waals surface area contributed by atoms with Gasteiger partial charge in [-0.25, -0.2) is 4.98 Å². The van der Waals surface area contributed by atoms with Gasteiger partial charge < -0.3 is 14.8 Å². The molecule has 6 nitrogen and oxygen atoms in total. The number of methoxy groups -OCH3 is 1. The molecule has 1 aliphatic rings. The van der Waals surface area contributed by atoms with Crippen LogP contribution in [0.3, 0.4) is 0 Å². The van der Waals surface area contributed by atoms with Crippen LogP contribution >= 0.6 is 15.9 Å². The number of halogens is 1. The molecular weight excluding hydrogens is 362 g/mol. The van der Waals surface area contributed by atoms with Crippen LogP contribution in [0.5, 0.6) is 11.6 Å². The summed E-state index contributed by atoms with van der Waals surface area (Å²) in [6.07, 6.45) is 2.93. The Kier molecular flexibility index (Phi) is 4.35. The first-order valence-corrected chi connectivity index (χ1v) is 7.90. The van der Waals surface area contributed by atoms with Crippen molar-refractivity contribution < 1.29 is 14.3 Å². The minimum Gasteiger partial charge on any atom is -0.495 e. The molecule has 0 saturated carbocycles. The highest BCUT2D eigenvalue weighted by Crippen LogP contribution is 2.34. The molecule has 1 aromatic carbocycles. The van der Waals surface area contributed by atoms with E-state index in [1.54, 1.807) is 18.3 Å². The fourth-order valence-electron chi connectivity index (χ4n) is 2.56. The minimum atomic E-state index is 0.00303. The van der Waals surface area contributed by atoms with E-state index in [1.807, 2.05) is 0 Å². The first-order valence-electron chi connectivity index (χ1n) is 7.11. The van der Waals surface area contributed by atoms with Crippen LogP contribution < -0.4 is 14.8 Å². The Bertz CT molecular complexity index is 816. The molecule has 0 spiro atoms. The van der Waals surface area contributed by atoms with E-state index in [9.17, 15) is 10.1 Å². The van der Waals surface area contributed by atoms with Crippen LogP contribution in [0.15, 0.2) is 22.8 Å². The van der Waals surface area contributed by atoms with Gasteiger partial charge in [0.25, 0.3) is 0 Å². The Morgan fingerprint density at radius 3 is 2.96 bits per heavy atom. The van der Waals surface area contributed by atoms with Crippen molar-refractivity contribution in [1.82, 2.24) is 10.3 Å². The fraction of sp³-hybridized carbons (Fsp3) is 0.312. The molecule has 2 heterocycles. The number of pyridine rings is 1. The normalized spacial score (nSPS) is 16.9. The third-order valence-corrected chi connectivity index (χ3v) is 4.38. The number of benzene rings is 1. The summed E-state index contributed by atoms with van der Waals surface area (Å²) in [4.78, 5) is 15.5. The maximum Gasteiger partial charge on any atom is 0.221 e. The molecule has 1 aliphatic heterocycles. The number of ether oxygens (including phenoxy) is 2. The molecule has 1 atom stereocenters. The topological polar surface area (TPSA) is 84.2 Å². The summed E-state index contributed by atoms with van der Waals surface area (Å²) in [6.45, 7) is 0.359. The number of hydrogen-bond acceptors (Lipinski definition) is 5. The van der Waals surface area contributed by atoms with Gasteiger partial charge in [0, 0.05) is 27.9 Å². The van der Waals surface area contributed by atoms with Gasteiger partial charge in [0.05, 0.1) is 18.7 Å². The van der Waals surface area contributed by atoms with Gasteiger partial charge >= 0.3 is 0 Å². The number of nitrogens with zero attached hydrogens (tertiary/aromatic N) is 2. The summed E-state index contributed by atoms with van der Waals surface area (Å²) >= 11 is 3.44. The molecule has 23 heavy (non-hydrogen) atoms. The maximum absolute atomic E-state index is 11.2. The van der Waals surface area contributed by atoms with Crippen molar-refractivity contribution in [2.75, 3.05) is 13.7 Å². The monoisotopic (exact) mass is 375 g/mol. The fourth-order valence-corrected chi connectivity index (χ4v) is 2.99. The number of aromatic nitrogens is 1. The third-order valence-electron chi connectivity index (χ3n) is 3.75. The lowest BCUT2D eigenvalue weighted by Gasteiger charge is -2.14. The molecule has 2 aromatic rings. The van der Waals surface area contributed by atoms with Crippen molar-refractivity contribution >= 4 is 32.6 Å². The highest BCUT2D eigenvalue weighted by Gasteiger charge is 2.22. The standard InChI is InChI=1S/C16H14BrN3O3/c1-22-14-5-12-11(4-9(14)6-18)13(17)7-19-16(12)23-8-10-2-3-15(21)20-10/h4-5,7,10H,2-3,8H2,1H3,(H,20,21)/t10-/m0/s1. The summed E-state index contributed by atoms with van der Waals surface area (Å²) in [5.41, 5.74) is 0.445. The van der Waals surface area contributed by atoms with Gasteiger partial charge in [0.2, 0.25) is 11.8 Å². The predicted molar refractivity (Wildman–Crippen MR) is 87.4 cm³/mol. The van der Waals surface area contributed by atoms with E-state index in [0.717, 1.165) is 21.7 Å². The van der Waals surface area contributed by atoms with E-state index in [2.05, 4.69) is 32.3 Å². The molecule has 1 saturated heterocycles. The number of nitrogens with one attached hydrogen (secondary N) is 1. The zero-order valence-corrected chi connectivity index (χ0v) is 14.0. The van der Waals surface area contributed by atoms with E-state index >= 15 is 0 Å². The Labute approximate surface area is 141 Å². The van der Waals surface area contributed by atoms with Gasteiger partial charge in [0.1, 0.15) is 18.4 Å². The average Bonchev–Trinajstić information content (AvgIpc) is 2.98. The lowest BCUT2D eigenvalue weighted by Crippen LogP contribution is -2.31. The number of carbonyl (C=O) groups excluding carboxylic acids is 1. The van der Waals surface area contributed by atoms with E-state index < -0.39 is 0 Å². The smallest absolute Gasteiger partial charge is 0.221 e. The van der Waals surface area contributed by atoms with E-state index in [1.165, 1.54) is 7.11 Å². The summed E-state index contributed by atoms with van der Waals surface area (Å²) in [5, 5.41) is 13.6. The van der Waals surface area contributed by atoms with Gasteiger partial charge in [0.15, 0.2) is 0 Å². The van der Waals surface area contributed by atoms with Crippen molar-refractivity contribution in [3.05, 3.63) is 28.4 Å². The molecule has 0 radical (unpaired) electrons. The first kappa shape index (κ1) is 15.6. The number of rotatable bonds is 4. The highest BCUT2D eigenvalue weighted by molar-refractivity contribution is 9.10. The zero-order valence-electron chi connectivity index (χ0n) is 12.4. The van der Waals surface area contributed by atoms with Crippen molar-refractivity contribution in [1.29, 1.82) is 5.26 Å². The van der Waals surface area contributed by atoms with Crippen LogP contribution in [-0.4, -0.2) is 30.6 Å². The average molecular weight is 376 g/mol. The Morgan fingerprint density at radius 1 is 1.48 bits per heavy atom. The van der Waals surface area contributed by atoms with Gasteiger partial charge in [-0.05, 0) is 34.5 Å². The van der Waals surface area contributed by atoms with E-state index in [0.29, 0.717) is 30.2 Å². The zero-order chi connectivity index (χ0) is 16.4. The van der Waals surface area contributed by atoms with E-state index in [-0.39, 0.29) is 11.9 Å². The summed E-state index contributed by atoms with van der Waals surface area (Å²) in [5.74, 6) is 0.971. The van der Waals surface area contributed by atoms with Crippen LogP contribution in [0, 0.1) is 11.3 Å². The third kappa shape index (κ3) is 3.08. The number of carbonyl (C=O) groups is 1. The Balaban J connectivity index is 1.95. The second kappa shape index (κ2) is 6.42. The minimum absolute atomic E-state index is 0.00303. The van der Waals surface area contributed by atoms with Gasteiger partial charge in [-0.1, -0.05) is 0 Å². The maximum atomic E-state index is 11.2. The largest absolute Gasteiger partial charge is 0.495 e. The molecule has 118 valence electrons. The molecule has 1 aromatic heterocycles. The van der Waals surface area contributed by atoms with Crippen LogP contribution in [0.2, 0.25) is 0 Å². The van der Waals surface area contributed by atoms with Crippen LogP contribution in [-0.2, 0) is 4.79 Å². The lowest BCUT2D eigenvalue weighted by molar-refractivity contribution is -0.119. The first-order chi connectivity index (χ1) is 11.1. The van der Waals surface area contributed by atoms with Crippen molar-refractivity contribution in [2.24, 2.45) is 0 Å². The molecule has 0 bridgehead atoms. The second-order valence-corrected chi connectivity index (χ2v) is 6.09. The van der Waals surface area contributed by atoms with Gasteiger partial charge in [-0.15, -0.1) is 0 Å². The van der Waals surface area contributed by atoms with Gasteiger partial charge in [-0.2, -0.15) is 5.26 Å². The van der Waals surface area contributed by atoms with E-state index in [4.69, 9.17) is 9.47 Å². The Morgan fingerprint density at radius 2 is 2.30 bits per heavy atom. The van der Waals surface area contributed by atoms with Gasteiger partial charge in [-0.3, -0.25) is 4.79 Å². The molecule has 7 heteroatoms. The molecule has 3 rings (SSSR count). The predicted octanol–water partition coefficient (Wildman–Crippen LogP) is 2.53. The number of hydrogen-bond donors (Lipinski definition) is 1. The number of amides is 1. The lowest BCUT2D eigenvalue weighted by atomic mass is 10.1. The molecule has 1 amide bonds. The second-order valence-electron chi connectivity index (χ2n) is 5.24. The summed E-state index contributed by atoms with van der Waals surface area (Å²) < 4.78 is 11.8.